The fourth-order valence-electron chi connectivity index (χ4n) is 3.06. The van der Waals surface area contributed by atoms with E-state index in [4.69, 9.17) is 4.42 Å². The standard InChI is InChI=1S/C20H16FN3O3/c1-13-19(25)23(20(26)24(13)16-5-3-2-4-6-16)12-18-22-11-17(27-18)14-7-9-15(21)10-8-14/h2-11,13H,12H2,1H3/t13-/m1/s1. The van der Waals surface area contributed by atoms with Gasteiger partial charge in [-0.05, 0) is 43.3 Å². The average Bonchev–Trinajstić information content (AvgIpc) is 3.22. The molecular weight excluding hydrogens is 349 g/mol. The summed E-state index contributed by atoms with van der Waals surface area (Å²) in [6.07, 6.45) is 1.49. The molecule has 7 heteroatoms. The summed E-state index contributed by atoms with van der Waals surface area (Å²) >= 11 is 0. The molecule has 2 heterocycles. The summed E-state index contributed by atoms with van der Waals surface area (Å²) in [4.78, 5) is 32.1. The third-order valence-electron chi connectivity index (χ3n) is 4.46. The number of urea groups is 1. The number of benzene rings is 2. The van der Waals surface area contributed by atoms with Gasteiger partial charge in [-0.3, -0.25) is 14.6 Å². The Bertz CT molecular complexity index is 985. The van der Waals surface area contributed by atoms with Crippen molar-refractivity contribution in [3.63, 3.8) is 0 Å². The van der Waals surface area contributed by atoms with Gasteiger partial charge in [0.15, 0.2) is 5.76 Å². The van der Waals surface area contributed by atoms with Crippen molar-refractivity contribution in [1.29, 1.82) is 0 Å². The number of carbonyl (C=O) groups excluding carboxylic acids is 2. The summed E-state index contributed by atoms with van der Waals surface area (Å²) in [5.74, 6) is 0.0160. The number of halogens is 1. The van der Waals surface area contributed by atoms with E-state index in [-0.39, 0.29) is 24.2 Å². The van der Waals surface area contributed by atoms with Crippen LogP contribution >= 0.6 is 0 Å². The maximum atomic E-state index is 13.0. The van der Waals surface area contributed by atoms with Gasteiger partial charge in [-0.15, -0.1) is 0 Å². The molecule has 1 fully saturated rings. The highest BCUT2D eigenvalue weighted by atomic mass is 19.1. The number of hydrogen-bond acceptors (Lipinski definition) is 4. The number of carbonyl (C=O) groups is 2. The van der Waals surface area contributed by atoms with Crippen LogP contribution in [0.3, 0.4) is 0 Å². The van der Waals surface area contributed by atoms with Crippen molar-refractivity contribution in [2.24, 2.45) is 0 Å². The monoisotopic (exact) mass is 365 g/mol. The van der Waals surface area contributed by atoms with Crippen molar-refractivity contribution in [2.45, 2.75) is 19.5 Å². The highest BCUT2D eigenvalue weighted by Gasteiger charge is 2.43. The third-order valence-corrected chi connectivity index (χ3v) is 4.46. The van der Waals surface area contributed by atoms with Crippen LogP contribution in [-0.4, -0.2) is 27.9 Å². The predicted molar refractivity (Wildman–Crippen MR) is 96.2 cm³/mol. The lowest BCUT2D eigenvalue weighted by molar-refractivity contribution is -0.127. The number of para-hydroxylation sites is 1. The fourth-order valence-corrected chi connectivity index (χ4v) is 3.06. The molecule has 0 radical (unpaired) electrons. The van der Waals surface area contributed by atoms with Gasteiger partial charge in [0, 0.05) is 11.3 Å². The summed E-state index contributed by atoms with van der Waals surface area (Å²) in [5.41, 5.74) is 1.32. The van der Waals surface area contributed by atoms with Gasteiger partial charge in [0.05, 0.1) is 6.20 Å². The average molecular weight is 365 g/mol. The van der Waals surface area contributed by atoms with Crippen molar-refractivity contribution in [3.05, 3.63) is 72.5 Å². The van der Waals surface area contributed by atoms with E-state index in [9.17, 15) is 14.0 Å². The minimum absolute atomic E-state index is 0.0630. The van der Waals surface area contributed by atoms with Gasteiger partial charge in [-0.2, -0.15) is 0 Å². The molecule has 1 aromatic heterocycles. The van der Waals surface area contributed by atoms with E-state index in [0.717, 1.165) is 4.90 Å². The number of imide groups is 1. The van der Waals surface area contributed by atoms with E-state index in [1.165, 1.54) is 23.2 Å². The number of aromatic nitrogens is 1. The molecule has 0 aliphatic carbocycles. The van der Waals surface area contributed by atoms with Crippen LogP contribution in [0.1, 0.15) is 12.8 Å². The van der Waals surface area contributed by atoms with Crippen LogP contribution < -0.4 is 4.90 Å². The summed E-state index contributed by atoms with van der Waals surface area (Å²) in [5, 5.41) is 0. The Morgan fingerprint density at radius 2 is 1.78 bits per heavy atom. The second-order valence-corrected chi connectivity index (χ2v) is 6.21. The number of rotatable bonds is 4. The normalized spacial score (nSPS) is 17.0. The van der Waals surface area contributed by atoms with Crippen LogP contribution in [0.5, 0.6) is 0 Å². The Morgan fingerprint density at radius 3 is 2.48 bits per heavy atom. The SMILES string of the molecule is C[C@@H]1C(=O)N(Cc2ncc(-c3ccc(F)cc3)o2)C(=O)N1c1ccccc1. The Balaban J connectivity index is 1.55. The molecule has 136 valence electrons. The molecule has 1 atom stereocenters. The first kappa shape index (κ1) is 17.0. The first-order valence-corrected chi connectivity index (χ1v) is 8.45. The number of amides is 3. The van der Waals surface area contributed by atoms with Gasteiger partial charge in [0.2, 0.25) is 5.89 Å². The molecule has 0 saturated carbocycles. The molecular formula is C20H16FN3O3. The largest absolute Gasteiger partial charge is 0.439 e. The molecule has 3 aromatic rings. The van der Waals surface area contributed by atoms with Gasteiger partial charge >= 0.3 is 6.03 Å². The van der Waals surface area contributed by atoms with E-state index < -0.39 is 12.1 Å². The topological polar surface area (TPSA) is 66.7 Å². The Morgan fingerprint density at radius 1 is 1.07 bits per heavy atom. The summed E-state index contributed by atoms with van der Waals surface area (Å²) < 4.78 is 18.7. The Kier molecular flexibility index (Phi) is 4.19. The number of hydrogen-bond donors (Lipinski definition) is 0. The highest BCUT2D eigenvalue weighted by Crippen LogP contribution is 2.27. The minimum Gasteiger partial charge on any atom is -0.439 e. The number of oxazole rings is 1. The summed E-state index contributed by atoms with van der Waals surface area (Å²) in [7, 11) is 0. The zero-order chi connectivity index (χ0) is 19.0. The lowest BCUT2D eigenvalue weighted by atomic mass is 10.2. The summed E-state index contributed by atoms with van der Waals surface area (Å²) in [6.45, 7) is 1.62. The van der Waals surface area contributed by atoms with Gasteiger partial charge in [0.1, 0.15) is 18.4 Å². The van der Waals surface area contributed by atoms with Crippen LogP contribution in [-0.2, 0) is 11.3 Å². The van der Waals surface area contributed by atoms with E-state index >= 15 is 0 Å². The zero-order valence-corrected chi connectivity index (χ0v) is 14.5. The molecule has 0 bridgehead atoms. The Hall–Kier alpha value is -3.48. The van der Waals surface area contributed by atoms with Crippen molar-refractivity contribution >= 4 is 17.6 Å². The molecule has 6 nitrogen and oxygen atoms in total. The fraction of sp³-hybridized carbons (Fsp3) is 0.150. The van der Waals surface area contributed by atoms with E-state index in [1.54, 1.807) is 31.2 Å². The minimum atomic E-state index is -0.605. The van der Waals surface area contributed by atoms with Gasteiger partial charge in [-0.25, -0.2) is 14.2 Å². The van der Waals surface area contributed by atoms with Crippen LogP contribution in [0, 0.1) is 5.82 Å². The van der Waals surface area contributed by atoms with E-state index in [1.807, 2.05) is 18.2 Å². The molecule has 2 aromatic carbocycles. The number of nitrogens with zero attached hydrogens (tertiary/aromatic N) is 3. The smallest absolute Gasteiger partial charge is 0.332 e. The van der Waals surface area contributed by atoms with Gasteiger partial charge in [-0.1, -0.05) is 18.2 Å². The molecule has 1 aliphatic rings. The molecule has 3 amide bonds. The highest BCUT2D eigenvalue weighted by molar-refractivity contribution is 6.13. The lowest BCUT2D eigenvalue weighted by Crippen LogP contribution is -2.33. The van der Waals surface area contributed by atoms with Gasteiger partial charge < -0.3 is 4.42 Å². The van der Waals surface area contributed by atoms with Crippen molar-refractivity contribution in [3.8, 4) is 11.3 Å². The van der Waals surface area contributed by atoms with Crippen LogP contribution in [0.4, 0.5) is 14.9 Å². The predicted octanol–water partition coefficient (Wildman–Crippen LogP) is 3.84. The van der Waals surface area contributed by atoms with E-state index in [0.29, 0.717) is 17.0 Å². The molecule has 0 unspecified atom stereocenters. The van der Waals surface area contributed by atoms with Gasteiger partial charge in [0.25, 0.3) is 5.91 Å². The molecule has 0 spiro atoms. The first-order chi connectivity index (χ1) is 13.0. The molecule has 1 saturated heterocycles. The van der Waals surface area contributed by atoms with Crippen LogP contribution in [0.15, 0.2) is 65.2 Å². The lowest BCUT2D eigenvalue weighted by Gasteiger charge is -2.18. The van der Waals surface area contributed by atoms with Crippen LogP contribution in [0.25, 0.3) is 11.3 Å². The molecule has 27 heavy (non-hydrogen) atoms. The number of anilines is 1. The molecule has 1 aliphatic heterocycles. The summed E-state index contributed by atoms with van der Waals surface area (Å²) in [6, 6.07) is 13.8. The van der Waals surface area contributed by atoms with E-state index in [2.05, 4.69) is 4.98 Å². The second kappa shape index (κ2) is 6.68. The quantitative estimate of drug-likeness (QED) is 0.659. The zero-order valence-electron chi connectivity index (χ0n) is 14.5. The first-order valence-electron chi connectivity index (χ1n) is 8.45. The maximum absolute atomic E-state index is 13.0. The van der Waals surface area contributed by atoms with Crippen molar-refractivity contribution in [1.82, 2.24) is 9.88 Å². The van der Waals surface area contributed by atoms with Crippen LogP contribution in [0.2, 0.25) is 0 Å². The third kappa shape index (κ3) is 3.08. The Labute approximate surface area is 154 Å². The molecule has 4 rings (SSSR count). The second-order valence-electron chi connectivity index (χ2n) is 6.21. The maximum Gasteiger partial charge on any atom is 0.332 e. The van der Waals surface area contributed by atoms with Crippen molar-refractivity contribution < 1.29 is 18.4 Å². The molecule has 0 N–H and O–H groups in total. The van der Waals surface area contributed by atoms with Crippen molar-refractivity contribution in [2.75, 3.05) is 4.90 Å².